The maximum absolute atomic E-state index is 13.5. The zero-order valence-corrected chi connectivity index (χ0v) is 10.8. The average molecular weight is 301 g/mol. The van der Waals surface area contributed by atoms with Gasteiger partial charge in [0.2, 0.25) is 0 Å². The maximum atomic E-state index is 13.5. The van der Waals surface area contributed by atoms with E-state index in [1.165, 1.54) is 12.1 Å². The summed E-state index contributed by atoms with van der Waals surface area (Å²) in [6.07, 6.45) is 2.79. The number of benzene rings is 1. The van der Waals surface area contributed by atoms with Crippen LogP contribution in [0.3, 0.4) is 0 Å². The third-order valence-electron chi connectivity index (χ3n) is 3.06. The molecule has 1 aliphatic rings. The predicted octanol–water partition coefficient (Wildman–Crippen LogP) is 2.20. The molecule has 92 valence electrons. The van der Waals surface area contributed by atoms with E-state index in [0.29, 0.717) is 4.47 Å². The summed E-state index contributed by atoms with van der Waals surface area (Å²) in [5.41, 5.74) is 5.91. The van der Waals surface area contributed by atoms with Gasteiger partial charge in [0.05, 0.1) is 5.56 Å². The minimum atomic E-state index is -0.525. The Bertz CT molecular complexity index is 439. The lowest BCUT2D eigenvalue weighted by Gasteiger charge is -2.17. The summed E-state index contributed by atoms with van der Waals surface area (Å²) in [7, 11) is 0. The molecule has 2 atom stereocenters. The Kier molecular flexibility index (Phi) is 3.79. The first-order chi connectivity index (χ1) is 8.08. The highest BCUT2D eigenvalue weighted by Gasteiger charge is 2.26. The lowest BCUT2D eigenvalue weighted by atomic mass is 10.1. The highest BCUT2D eigenvalue weighted by molar-refractivity contribution is 9.10. The number of carbonyl (C=O) groups is 1. The van der Waals surface area contributed by atoms with Crippen molar-refractivity contribution in [2.24, 2.45) is 5.73 Å². The van der Waals surface area contributed by atoms with Gasteiger partial charge in [-0.05, 0) is 37.5 Å². The van der Waals surface area contributed by atoms with Gasteiger partial charge in [0, 0.05) is 16.6 Å². The second-order valence-corrected chi connectivity index (χ2v) is 5.21. The first-order valence-corrected chi connectivity index (χ1v) is 6.38. The average Bonchev–Trinajstić information content (AvgIpc) is 2.64. The Morgan fingerprint density at radius 3 is 2.82 bits per heavy atom. The van der Waals surface area contributed by atoms with Crippen molar-refractivity contribution in [3.05, 3.63) is 34.1 Å². The fourth-order valence-corrected chi connectivity index (χ4v) is 2.42. The highest BCUT2D eigenvalue weighted by atomic mass is 79.9. The Labute approximate surface area is 108 Å². The second-order valence-electron chi connectivity index (χ2n) is 4.30. The topological polar surface area (TPSA) is 55.1 Å². The molecule has 17 heavy (non-hydrogen) atoms. The Hall–Kier alpha value is -0.940. The van der Waals surface area contributed by atoms with Gasteiger partial charge in [-0.25, -0.2) is 4.39 Å². The molecule has 0 aliphatic heterocycles. The highest BCUT2D eigenvalue weighted by Crippen LogP contribution is 2.19. The lowest BCUT2D eigenvalue weighted by Crippen LogP contribution is -2.44. The zero-order valence-electron chi connectivity index (χ0n) is 9.25. The van der Waals surface area contributed by atoms with E-state index in [2.05, 4.69) is 21.2 Å². The summed E-state index contributed by atoms with van der Waals surface area (Å²) in [5.74, 6) is -0.916. The predicted molar refractivity (Wildman–Crippen MR) is 67.2 cm³/mol. The molecule has 2 unspecified atom stereocenters. The van der Waals surface area contributed by atoms with Crippen LogP contribution in [-0.4, -0.2) is 18.0 Å². The number of halogens is 2. The van der Waals surface area contributed by atoms with Crippen LogP contribution in [0.15, 0.2) is 22.7 Å². The number of nitrogens with one attached hydrogen (secondary N) is 1. The third kappa shape index (κ3) is 2.84. The Balaban J connectivity index is 2.09. The van der Waals surface area contributed by atoms with Crippen molar-refractivity contribution < 1.29 is 9.18 Å². The van der Waals surface area contributed by atoms with E-state index in [0.717, 1.165) is 19.3 Å². The maximum Gasteiger partial charge on any atom is 0.254 e. The molecule has 0 heterocycles. The van der Waals surface area contributed by atoms with Gasteiger partial charge in [0.15, 0.2) is 0 Å². The van der Waals surface area contributed by atoms with Crippen LogP contribution in [0.2, 0.25) is 0 Å². The standard InChI is InChI=1S/C12H14BrFN2O/c13-7-4-5-8(9(14)6-7)12(17)16-11-3-1-2-10(11)15/h4-6,10-11H,1-3,15H2,(H,16,17). The van der Waals surface area contributed by atoms with Crippen molar-refractivity contribution >= 4 is 21.8 Å². The van der Waals surface area contributed by atoms with Crippen LogP contribution in [0.5, 0.6) is 0 Å². The second kappa shape index (κ2) is 5.14. The van der Waals surface area contributed by atoms with Gasteiger partial charge in [-0.2, -0.15) is 0 Å². The number of nitrogens with two attached hydrogens (primary N) is 1. The molecular formula is C12H14BrFN2O. The summed E-state index contributed by atoms with van der Waals surface area (Å²) in [5, 5.41) is 2.79. The van der Waals surface area contributed by atoms with E-state index >= 15 is 0 Å². The van der Waals surface area contributed by atoms with Crippen LogP contribution in [0.4, 0.5) is 4.39 Å². The number of hydrogen-bond donors (Lipinski definition) is 2. The summed E-state index contributed by atoms with van der Waals surface area (Å²) in [6.45, 7) is 0. The Morgan fingerprint density at radius 2 is 2.24 bits per heavy atom. The molecule has 0 bridgehead atoms. The van der Waals surface area contributed by atoms with Crippen LogP contribution in [-0.2, 0) is 0 Å². The van der Waals surface area contributed by atoms with Gasteiger partial charge in [0.25, 0.3) is 5.91 Å². The van der Waals surface area contributed by atoms with Crippen molar-refractivity contribution in [1.29, 1.82) is 0 Å². The lowest BCUT2D eigenvalue weighted by molar-refractivity contribution is 0.0930. The summed E-state index contributed by atoms with van der Waals surface area (Å²) in [4.78, 5) is 11.9. The van der Waals surface area contributed by atoms with E-state index < -0.39 is 11.7 Å². The summed E-state index contributed by atoms with van der Waals surface area (Å²) in [6, 6.07) is 4.34. The van der Waals surface area contributed by atoms with Crippen molar-refractivity contribution in [1.82, 2.24) is 5.32 Å². The first kappa shape index (κ1) is 12.5. The zero-order chi connectivity index (χ0) is 12.4. The van der Waals surface area contributed by atoms with Gasteiger partial charge >= 0.3 is 0 Å². The number of hydrogen-bond acceptors (Lipinski definition) is 2. The van der Waals surface area contributed by atoms with Crippen LogP contribution in [0.25, 0.3) is 0 Å². The van der Waals surface area contributed by atoms with Gasteiger partial charge < -0.3 is 11.1 Å². The van der Waals surface area contributed by atoms with Gasteiger partial charge in [0.1, 0.15) is 5.82 Å². The van der Waals surface area contributed by atoms with E-state index in [-0.39, 0.29) is 17.6 Å². The van der Waals surface area contributed by atoms with Crippen molar-refractivity contribution in [2.45, 2.75) is 31.3 Å². The van der Waals surface area contributed by atoms with Crippen molar-refractivity contribution in [2.75, 3.05) is 0 Å². The molecule has 0 radical (unpaired) electrons. The normalized spacial score (nSPS) is 23.7. The first-order valence-electron chi connectivity index (χ1n) is 5.59. The van der Waals surface area contributed by atoms with E-state index in [1.807, 2.05) is 0 Å². The molecule has 2 rings (SSSR count). The molecule has 1 aromatic rings. The van der Waals surface area contributed by atoms with Crippen LogP contribution in [0.1, 0.15) is 29.6 Å². The monoisotopic (exact) mass is 300 g/mol. The van der Waals surface area contributed by atoms with Crippen molar-refractivity contribution in [3.63, 3.8) is 0 Å². The molecule has 3 N–H and O–H groups in total. The SMILES string of the molecule is NC1CCCC1NC(=O)c1ccc(Br)cc1F. The molecule has 0 spiro atoms. The molecule has 1 aliphatic carbocycles. The molecule has 1 aromatic carbocycles. The molecule has 5 heteroatoms. The molecule has 3 nitrogen and oxygen atoms in total. The smallest absolute Gasteiger partial charge is 0.254 e. The largest absolute Gasteiger partial charge is 0.348 e. The molecule has 1 amide bonds. The van der Waals surface area contributed by atoms with Crippen LogP contribution < -0.4 is 11.1 Å². The number of carbonyl (C=O) groups excluding carboxylic acids is 1. The number of rotatable bonds is 2. The van der Waals surface area contributed by atoms with E-state index in [9.17, 15) is 9.18 Å². The van der Waals surface area contributed by atoms with E-state index in [4.69, 9.17) is 5.73 Å². The molecule has 0 saturated heterocycles. The third-order valence-corrected chi connectivity index (χ3v) is 3.55. The van der Waals surface area contributed by atoms with Crippen molar-refractivity contribution in [3.8, 4) is 0 Å². The minimum absolute atomic E-state index is 0.0162. The molecule has 1 fully saturated rings. The van der Waals surface area contributed by atoms with Gasteiger partial charge in [-0.3, -0.25) is 4.79 Å². The summed E-state index contributed by atoms with van der Waals surface area (Å²) >= 11 is 3.15. The number of amides is 1. The molecule has 0 aromatic heterocycles. The Morgan fingerprint density at radius 1 is 1.47 bits per heavy atom. The molecule has 1 saturated carbocycles. The fraction of sp³-hybridized carbons (Fsp3) is 0.417. The molecular weight excluding hydrogens is 287 g/mol. The van der Waals surface area contributed by atoms with E-state index in [1.54, 1.807) is 6.07 Å². The van der Waals surface area contributed by atoms with Crippen LogP contribution in [0, 0.1) is 5.82 Å². The quantitative estimate of drug-likeness (QED) is 0.880. The van der Waals surface area contributed by atoms with Gasteiger partial charge in [-0.1, -0.05) is 15.9 Å². The van der Waals surface area contributed by atoms with Gasteiger partial charge in [-0.15, -0.1) is 0 Å². The van der Waals surface area contributed by atoms with Crippen LogP contribution >= 0.6 is 15.9 Å². The summed E-state index contributed by atoms with van der Waals surface area (Å²) < 4.78 is 14.2. The fourth-order valence-electron chi connectivity index (χ4n) is 2.09. The minimum Gasteiger partial charge on any atom is -0.348 e.